The fraction of sp³-hybridized carbons (Fsp3) is 0.357. The summed E-state index contributed by atoms with van der Waals surface area (Å²) in [5, 5.41) is 7.85. The second kappa shape index (κ2) is 5.04. The predicted octanol–water partition coefficient (Wildman–Crippen LogP) is 2.90. The average molecular weight is 229 g/mol. The van der Waals surface area contributed by atoms with E-state index in [9.17, 15) is 0 Å². The average Bonchev–Trinajstić information content (AvgIpc) is 2.68. The topological polar surface area (TPSA) is 29.9 Å². The molecule has 1 N–H and O–H groups in total. The molecule has 3 nitrogen and oxygen atoms in total. The molecule has 0 saturated heterocycles. The number of aromatic nitrogens is 2. The van der Waals surface area contributed by atoms with Crippen molar-refractivity contribution in [2.45, 2.75) is 26.8 Å². The van der Waals surface area contributed by atoms with E-state index in [1.54, 1.807) is 0 Å². The number of hydrogen-bond donors (Lipinski definition) is 1. The molecular weight excluding hydrogens is 210 g/mol. The molecule has 0 aliphatic carbocycles. The number of rotatable bonds is 4. The van der Waals surface area contributed by atoms with Gasteiger partial charge in [0.25, 0.3) is 0 Å². The first-order chi connectivity index (χ1) is 8.19. The highest BCUT2D eigenvalue weighted by molar-refractivity contribution is 5.45. The largest absolute Gasteiger partial charge is 0.379 e. The Bertz CT molecular complexity index is 500. The minimum atomic E-state index is 0.812. The Balaban J connectivity index is 2.04. The fourth-order valence-corrected chi connectivity index (χ4v) is 1.86. The second-order valence-electron chi connectivity index (χ2n) is 4.33. The second-order valence-corrected chi connectivity index (χ2v) is 4.33. The molecule has 0 saturated carbocycles. The summed E-state index contributed by atoms with van der Waals surface area (Å²) >= 11 is 0. The van der Waals surface area contributed by atoms with E-state index in [4.69, 9.17) is 0 Å². The van der Waals surface area contributed by atoms with Crippen LogP contribution in [0.15, 0.2) is 30.3 Å². The zero-order chi connectivity index (χ0) is 12.3. The monoisotopic (exact) mass is 229 g/mol. The summed E-state index contributed by atoms with van der Waals surface area (Å²) < 4.78 is 1.95. The van der Waals surface area contributed by atoms with Gasteiger partial charge in [-0.15, -0.1) is 0 Å². The molecular formula is C14H19N3. The van der Waals surface area contributed by atoms with Crippen molar-refractivity contribution in [3.05, 3.63) is 47.3 Å². The summed E-state index contributed by atoms with van der Waals surface area (Å²) in [6.45, 7) is 5.04. The summed E-state index contributed by atoms with van der Waals surface area (Å²) in [6.07, 6.45) is 0.984. The molecule has 2 rings (SSSR count). The molecule has 2 aromatic rings. The van der Waals surface area contributed by atoms with Gasteiger partial charge < -0.3 is 5.32 Å². The van der Waals surface area contributed by atoms with Crippen molar-refractivity contribution in [3.63, 3.8) is 0 Å². The lowest BCUT2D eigenvalue weighted by Crippen LogP contribution is -2.05. The van der Waals surface area contributed by atoms with Gasteiger partial charge in [0, 0.05) is 12.7 Å². The fourth-order valence-electron chi connectivity index (χ4n) is 1.86. The summed E-state index contributed by atoms with van der Waals surface area (Å²) in [5.74, 6) is 0. The molecule has 0 bridgehead atoms. The first-order valence-electron chi connectivity index (χ1n) is 6.01. The van der Waals surface area contributed by atoms with Crippen molar-refractivity contribution < 1.29 is 0 Å². The maximum absolute atomic E-state index is 4.44. The highest BCUT2D eigenvalue weighted by Crippen LogP contribution is 2.12. The van der Waals surface area contributed by atoms with E-state index >= 15 is 0 Å². The van der Waals surface area contributed by atoms with Crippen molar-refractivity contribution in [1.29, 1.82) is 0 Å². The molecule has 17 heavy (non-hydrogen) atoms. The van der Waals surface area contributed by atoms with E-state index in [1.165, 1.54) is 11.3 Å². The third kappa shape index (κ3) is 2.87. The van der Waals surface area contributed by atoms with E-state index in [0.717, 1.165) is 24.3 Å². The lowest BCUT2D eigenvalue weighted by molar-refractivity contribution is 0.707. The van der Waals surface area contributed by atoms with Crippen LogP contribution in [0.3, 0.4) is 0 Å². The SMILES string of the molecule is CCc1cc(CNc2cccc(C)c2)n(C)n1. The molecule has 0 amide bonds. The van der Waals surface area contributed by atoms with Crippen molar-refractivity contribution in [1.82, 2.24) is 9.78 Å². The highest BCUT2D eigenvalue weighted by Gasteiger charge is 2.03. The van der Waals surface area contributed by atoms with Gasteiger partial charge in [0.05, 0.1) is 17.9 Å². The van der Waals surface area contributed by atoms with E-state index in [-0.39, 0.29) is 0 Å². The summed E-state index contributed by atoms with van der Waals surface area (Å²) in [4.78, 5) is 0. The number of anilines is 1. The molecule has 1 aromatic carbocycles. The minimum Gasteiger partial charge on any atom is -0.379 e. The normalized spacial score (nSPS) is 10.5. The smallest absolute Gasteiger partial charge is 0.0625 e. The van der Waals surface area contributed by atoms with Gasteiger partial charge in [-0.25, -0.2) is 0 Å². The van der Waals surface area contributed by atoms with E-state index < -0.39 is 0 Å². The Hall–Kier alpha value is -1.77. The first-order valence-corrected chi connectivity index (χ1v) is 6.01. The van der Waals surface area contributed by atoms with Crippen molar-refractivity contribution in [3.8, 4) is 0 Å². The molecule has 1 heterocycles. The van der Waals surface area contributed by atoms with Crippen molar-refractivity contribution in [2.24, 2.45) is 7.05 Å². The van der Waals surface area contributed by atoms with E-state index in [1.807, 2.05) is 11.7 Å². The summed E-state index contributed by atoms with van der Waals surface area (Å²) in [7, 11) is 1.99. The number of nitrogens with one attached hydrogen (secondary N) is 1. The van der Waals surface area contributed by atoms with Gasteiger partial charge in [-0.2, -0.15) is 5.10 Å². The standard InChI is InChI=1S/C14H19N3/c1-4-12-9-14(17(3)16-12)10-15-13-7-5-6-11(2)8-13/h5-9,15H,4,10H2,1-3H3. The van der Waals surface area contributed by atoms with Crippen LogP contribution in [0.5, 0.6) is 0 Å². The lowest BCUT2D eigenvalue weighted by Gasteiger charge is -2.07. The van der Waals surface area contributed by atoms with Crippen LogP contribution in [0.4, 0.5) is 5.69 Å². The summed E-state index contributed by atoms with van der Waals surface area (Å²) in [6, 6.07) is 10.6. The summed E-state index contributed by atoms with van der Waals surface area (Å²) in [5.41, 5.74) is 4.79. The molecule has 0 radical (unpaired) electrons. The molecule has 0 aliphatic heterocycles. The third-order valence-corrected chi connectivity index (χ3v) is 2.88. The lowest BCUT2D eigenvalue weighted by atomic mass is 10.2. The molecule has 1 aromatic heterocycles. The van der Waals surface area contributed by atoms with Crippen LogP contribution in [0.1, 0.15) is 23.9 Å². The van der Waals surface area contributed by atoms with Crippen LogP contribution in [-0.4, -0.2) is 9.78 Å². The highest BCUT2D eigenvalue weighted by atomic mass is 15.3. The maximum atomic E-state index is 4.44. The van der Waals surface area contributed by atoms with Crippen LogP contribution in [0.25, 0.3) is 0 Å². The van der Waals surface area contributed by atoms with Gasteiger partial charge in [-0.05, 0) is 37.1 Å². The van der Waals surface area contributed by atoms with Crippen LogP contribution >= 0.6 is 0 Å². The predicted molar refractivity (Wildman–Crippen MR) is 71.1 cm³/mol. The minimum absolute atomic E-state index is 0.812. The Labute approximate surface area is 102 Å². The molecule has 0 unspecified atom stereocenters. The molecule has 0 fully saturated rings. The van der Waals surface area contributed by atoms with E-state index in [2.05, 4.69) is 54.6 Å². The first kappa shape index (κ1) is 11.7. The zero-order valence-electron chi connectivity index (χ0n) is 10.7. The number of aryl methyl sites for hydroxylation is 3. The van der Waals surface area contributed by atoms with Gasteiger partial charge >= 0.3 is 0 Å². The Kier molecular flexibility index (Phi) is 3.47. The maximum Gasteiger partial charge on any atom is 0.0625 e. The number of hydrogen-bond acceptors (Lipinski definition) is 2. The van der Waals surface area contributed by atoms with Crippen LogP contribution < -0.4 is 5.32 Å². The zero-order valence-corrected chi connectivity index (χ0v) is 10.7. The molecule has 3 heteroatoms. The number of nitrogens with zero attached hydrogens (tertiary/aromatic N) is 2. The van der Waals surface area contributed by atoms with Gasteiger partial charge in [0.2, 0.25) is 0 Å². The number of benzene rings is 1. The Morgan fingerprint density at radius 1 is 1.29 bits per heavy atom. The van der Waals surface area contributed by atoms with Crippen molar-refractivity contribution >= 4 is 5.69 Å². The van der Waals surface area contributed by atoms with Crippen LogP contribution in [-0.2, 0) is 20.0 Å². The Morgan fingerprint density at radius 3 is 2.76 bits per heavy atom. The third-order valence-electron chi connectivity index (χ3n) is 2.88. The molecule has 0 spiro atoms. The van der Waals surface area contributed by atoms with Gasteiger partial charge in [-0.3, -0.25) is 4.68 Å². The Morgan fingerprint density at radius 2 is 2.12 bits per heavy atom. The molecule has 0 atom stereocenters. The van der Waals surface area contributed by atoms with Gasteiger partial charge in [0.1, 0.15) is 0 Å². The quantitative estimate of drug-likeness (QED) is 0.873. The molecule has 90 valence electrons. The van der Waals surface area contributed by atoms with Crippen LogP contribution in [0, 0.1) is 6.92 Å². The molecule has 0 aliphatic rings. The van der Waals surface area contributed by atoms with Crippen molar-refractivity contribution in [2.75, 3.05) is 5.32 Å². The van der Waals surface area contributed by atoms with E-state index in [0.29, 0.717) is 0 Å². The van der Waals surface area contributed by atoms with Gasteiger partial charge in [-0.1, -0.05) is 19.1 Å². The van der Waals surface area contributed by atoms with Crippen LogP contribution in [0.2, 0.25) is 0 Å². The van der Waals surface area contributed by atoms with Gasteiger partial charge in [0.15, 0.2) is 0 Å².